The van der Waals surface area contributed by atoms with Gasteiger partial charge in [-0.1, -0.05) is 18.6 Å². The van der Waals surface area contributed by atoms with Crippen molar-refractivity contribution in [1.82, 2.24) is 24.3 Å². The number of hydrogen-bond acceptors (Lipinski definition) is 5. The van der Waals surface area contributed by atoms with Gasteiger partial charge in [0.15, 0.2) is 5.82 Å². The van der Waals surface area contributed by atoms with E-state index in [0.29, 0.717) is 18.1 Å². The van der Waals surface area contributed by atoms with Gasteiger partial charge in [-0.05, 0) is 37.5 Å². The molecule has 0 fully saturated rings. The summed E-state index contributed by atoms with van der Waals surface area (Å²) in [6.45, 7) is 2.70. The molecule has 4 rings (SSSR count). The lowest BCUT2D eigenvalue weighted by atomic mass is 10.2. The SMILES string of the molecule is Cc1cccc(Oc2nccc(-n3nc4n(c3=O)CCCCC4)n2)c1. The molecule has 0 amide bonds. The molecule has 7 heteroatoms. The largest absolute Gasteiger partial charge is 0.424 e. The molecule has 0 bridgehead atoms. The van der Waals surface area contributed by atoms with E-state index < -0.39 is 0 Å². The molecule has 1 aliphatic rings. The van der Waals surface area contributed by atoms with Crippen LogP contribution in [0.25, 0.3) is 5.82 Å². The van der Waals surface area contributed by atoms with Gasteiger partial charge in [0, 0.05) is 25.2 Å². The second-order valence-corrected chi connectivity index (χ2v) is 6.19. The molecule has 0 N–H and O–H groups in total. The Morgan fingerprint density at radius 1 is 1.16 bits per heavy atom. The first kappa shape index (κ1) is 15.6. The highest BCUT2D eigenvalue weighted by Gasteiger charge is 2.17. The van der Waals surface area contributed by atoms with Crippen molar-refractivity contribution in [2.24, 2.45) is 0 Å². The van der Waals surface area contributed by atoms with Crippen LogP contribution in [0.4, 0.5) is 0 Å². The lowest BCUT2D eigenvalue weighted by Crippen LogP contribution is -2.24. The van der Waals surface area contributed by atoms with E-state index in [-0.39, 0.29) is 11.7 Å². The van der Waals surface area contributed by atoms with E-state index >= 15 is 0 Å². The zero-order valence-electron chi connectivity index (χ0n) is 14.1. The fourth-order valence-corrected chi connectivity index (χ4v) is 3.01. The molecule has 128 valence electrons. The number of aromatic nitrogens is 5. The molecule has 7 nitrogen and oxygen atoms in total. The number of aryl methyl sites for hydroxylation is 2. The molecule has 3 aromatic rings. The van der Waals surface area contributed by atoms with Gasteiger partial charge < -0.3 is 4.74 Å². The summed E-state index contributed by atoms with van der Waals surface area (Å²) in [7, 11) is 0. The quantitative estimate of drug-likeness (QED) is 0.734. The van der Waals surface area contributed by atoms with Crippen LogP contribution in [0, 0.1) is 6.92 Å². The summed E-state index contributed by atoms with van der Waals surface area (Å²) in [5.41, 5.74) is 0.930. The third-order valence-corrected chi connectivity index (χ3v) is 4.26. The van der Waals surface area contributed by atoms with Crippen LogP contribution in [0.1, 0.15) is 30.7 Å². The van der Waals surface area contributed by atoms with Gasteiger partial charge in [0.2, 0.25) is 0 Å². The highest BCUT2D eigenvalue weighted by Crippen LogP contribution is 2.19. The topological polar surface area (TPSA) is 74.8 Å². The van der Waals surface area contributed by atoms with Crippen LogP contribution < -0.4 is 10.4 Å². The summed E-state index contributed by atoms with van der Waals surface area (Å²) in [5, 5.41) is 4.46. The molecule has 0 saturated carbocycles. The van der Waals surface area contributed by atoms with Gasteiger partial charge in [-0.15, -0.1) is 5.10 Å². The third kappa shape index (κ3) is 3.17. The highest BCUT2D eigenvalue weighted by atomic mass is 16.5. The Morgan fingerprint density at radius 2 is 2.08 bits per heavy atom. The minimum atomic E-state index is -0.155. The standard InChI is InChI=1S/C18H19N5O2/c1-13-6-5-7-14(12-13)25-17-19-10-9-15(20-17)23-18(24)22-11-4-2-3-8-16(22)21-23/h5-7,9-10,12H,2-4,8,11H2,1H3. The summed E-state index contributed by atoms with van der Waals surface area (Å²) in [5.74, 6) is 1.90. The van der Waals surface area contributed by atoms with E-state index in [1.54, 1.807) is 16.8 Å². The Kier molecular flexibility index (Phi) is 4.05. The molecule has 0 aliphatic carbocycles. The predicted molar refractivity (Wildman–Crippen MR) is 92.2 cm³/mol. The molecule has 0 saturated heterocycles. The maximum Gasteiger partial charge on any atom is 0.352 e. The van der Waals surface area contributed by atoms with Crippen LogP contribution in [0.15, 0.2) is 41.3 Å². The van der Waals surface area contributed by atoms with Crippen LogP contribution in [0.5, 0.6) is 11.8 Å². The molecule has 3 heterocycles. The molecule has 25 heavy (non-hydrogen) atoms. The zero-order valence-corrected chi connectivity index (χ0v) is 14.1. The summed E-state index contributed by atoms with van der Waals surface area (Å²) < 4.78 is 8.80. The van der Waals surface area contributed by atoms with Crippen molar-refractivity contribution in [3.8, 4) is 17.6 Å². The molecule has 1 aromatic carbocycles. The number of hydrogen-bond donors (Lipinski definition) is 0. The smallest absolute Gasteiger partial charge is 0.352 e. The first-order valence-corrected chi connectivity index (χ1v) is 8.47. The molecule has 0 atom stereocenters. The highest BCUT2D eigenvalue weighted by molar-refractivity contribution is 5.30. The number of nitrogens with zero attached hydrogens (tertiary/aromatic N) is 5. The molecule has 0 radical (unpaired) electrons. The van der Waals surface area contributed by atoms with Crippen LogP contribution in [0.3, 0.4) is 0 Å². The fourth-order valence-electron chi connectivity index (χ4n) is 3.01. The fraction of sp³-hybridized carbons (Fsp3) is 0.333. The third-order valence-electron chi connectivity index (χ3n) is 4.26. The number of ether oxygens (including phenoxy) is 1. The summed E-state index contributed by atoms with van der Waals surface area (Å²) in [6.07, 6.45) is 5.58. The van der Waals surface area contributed by atoms with Gasteiger partial charge in [-0.2, -0.15) is 9.67 Å². The first-order valence-electron chi connectivity index (χ1n) is 8.47. The Bertz CT molecular complexity index is 960. The molecule has 1 aliphatic heterocycles. The van der Waals surface area contributed by atoms with E-state index in [0.717, 1.165) is 37.1 Å². The van der Waals surface area contributed by atoms with Gasteiger partial charge in [0.05, 0.1) is 0 Å². The molecular weight excluding hydrogens is 318 g/mol. The number of benzene rings is 1. The monoisotopic (exact) mass is 337 g/mol. The van der Waals surface area contributed by atoms with Crippen molar-refractivity contribution in [2.75, 3.05) is 0 Å². The average Bonchev–Trinajstić information content (AvgIpc) is 2.78. The maximum atomic E-state index is 12.6. The minimum absolute atomic E-state index is 0.155. The summed E-state index contributed by atoms with van der Waals surface area (Å²) in [6, 6.07) is 9.50. The second-order valence-electron chi connectivity index (χ2n) is 6.19. The lowest BCUT2D eigenvalue weighted by Gasteiger charge is -2.05. The van der Waals surface area contributed by atoms with Crippen molar-refractivity contribution in [1.29, 1.82) is 0 Å². The van der Waals surface area contributed by atoms with Crippen LogP contribution in [0.2, 0.25) is 0 Å². The van der Waals surface area contributed by atoms with Gasteiger partial charge in [-0.3, -0.25) is 4.57 Å². The van der Waals surface area contributed by atoms with Crippen LogP contribution in [-0.2, 0) is 13.0 Å². The van der Waals surface area contributed by atoms with Crippen LogP contribution in [-0.4, -0.2) is 24.3 Å². The van der Waals surface area contributed by atoms with Crippen molar-refractivity contribution in [2.45, 2.75) is 39.2 Å². The zero-order chi connectivity index (χ0) is 17.2. The van der Waals surface area contributed by atoms with E-state index in [4.69, 9.17) is 4.74 Å². The average molecular weight is 337 g/mol. The van der Waals surface area contributed by atoms with E-state index in [2.05, 4.69) is 15.1 Å². The molecular formula is C18H19N5O2. The van der Waals surface area contributed by atoms with Gasteiger partial charge in [-0.25, -0.2) is 9.78 Å². The summed E-state index contributed by atoms with van der Waals surface area (Å²) >= 11 is 0. The van der Waals surface area contributed by atoms with Gasteiger partial charge in [0.25, 0.3) is 0 Å². The van der Waals surface area contributed by atoms with Crippen molar-refractivity contribution in [3.63, 3.8) is 0 Å². The molecule has 0 unspecified atom stereocenters. The maximum absolute atomic E-state index is 12.6. The van der Waals surface area contributed by atoms with E-state index in [1.165, 1.54) is 4.68 Å². The summed E-state index contributed by atoms with van der Waals surface area (Å²) in [4.78, 5) is 21.1. The van der Waals surface area contributed by atoms with Crippen molar-refractivity contribution < 1.29 is 4.74 Å². The van der Waals surface area contributed by atoms with Crippen molar-refractivity contribution in [3.05, 3.63) is 58.4 Å². The Morgan fingerprint density at radius 3 is 2.96 bits per heavy atom. The Hall–Kier alpha value is -2.96. The van der Waals surface area contributed by atoms with Crippen molar-refractivity contribution >= 4 is 0 Å². The number of fused-ring (bicyclic) bond motifs is 1. The minimum Gasteiger partial charge on any atom is -0.424 e. The molecule has 2 aromatic heterocycles. The second kappa shape index (κ2) is 6.51. The Labute approximate surface area is 144 Å². The lowest BCUT2D eigenvalue weighted by molar-refractivity contribution is 0.439. The molecule has 0 spiro atoms. The normalized spacial score (nSPS) is 14.0. The first-order chi connectivity index (χ1) is 12.2. The van der Waals surface area contributed by atoms with Gasteiger partial charge in [0.1, 0.15) is 11.6 Å². The van der Waals surface area contributed by atoms with Crippen LogP contribution >= 0.6 is 0 Å². The van der Waals surface area contributed by atoms with E-state index in [1.807, 2.05) is 31.2 Å². The number of rotatable bonds is 3. The van der Waals surface area contributed by atoms with Gasteiger partial charge >= 0.3 is 11.7 Å². The van der Waals surface area contributed by atoms with E-state index in [9.17, 15) is 4.79 Å². The Balaban J connectivity index is 1.67. The predicted octanol–water partition coefficient (Wildman–Crippen LogP) is 2.65.